The van der Waals surface area contributed by atoms with Crippen LogP contribution in [0.4, 0.5) is 42.3 Å². The lowest BCUT2D eigenvalue weighted by Gasteiger charge is -2.26. The Labute approximate surface area is 779 Å². The van der Waals surface area contributed by atoms with Gasteiger partial charge in [-0.25, -0.2) is 92.0 Å². The van der Waals surface area contributed by atoms with Crippen LogP contribution < -0.4 is 33.0 Å². The first-order chi connectivity index (χ1) is 66.1. The van der Waals surface area contributed by atoms with E-state index in [2.05, 4.69) is 129 Å². The van der Waals surface area contributed by atoms with Crippen molar-refractivity contribution in [2.45, 2.75) is 79.7 Å². The van der Waals surface area contributed by atoms with Crippen LogP contribution in [0.5, 0.6) is 11.5 Å². The van der Waals surface area contributed by atoms with E-state index in [4.69, 9.17) is 63.7 Å². The van der Waals surface area contributed by atoms with Crippen molar-refractivity contribution in [2.75, 3.05) is 66.8 Å². The number of H-pyrrole nitrogens is 2. The Kier molecular flexibility index (Phi) is 23.7. The number of thiophene rings is 1. The molecule has 14 aromatic heterocycles. The summed E-state index contributed by atoms with van der Waals surface area (Å²) < 4.78 is 54.5. The number of halogens is 4. The number of hydrogen-bond acceptors (Lipinski definition) is 30. The van der Waals surface area contributed by atoms with E-state index in [1.807, 2.05) is 80.7 Å². The van der Waals surface area contributed by atoms with Crippen LogP contribution in [0.2, 0.25) is 5.02 Å². The Morgan fingerprint density at radius 3 is 1.88 bits per heavy atom. The maximum Gasteiger partial charge on any atom is 0.267 e. The van der Waals surface area contributed by atoms with Gasteiger partial charge < -0.3 is 47.4 Å². The maximum atomic E-state index is 14.1. The van der Waals surface area contributed by atoms with Crippen LogP contribution >= 0.6 is 22.9 Å². The van der Waals surface area contributed by atoms with Crippen LogP contribution in [0.3, 0.4) is 0 Å². The Bertz CT molecular complexity index is 8220. The highest BCUT2D eigenvalue weighted by atomic mass is 35.5. The highest BCUT2D eigenvalue weighted by molar-refractivity contribution is 7.16. The van der Waals surface area contributed by atoms with E-state index in [0.717, 1.165) is 149 Å². The standard InChI is InChI=1S/C26H20FN7O2S.C26H24FN7O.C23H24N10O.C21H15ClFN7/c1-13-5-3-4-6-18(13)34-19(31-25-20(26(34)36)14(2)11-37-25)10-33-24-21(23(28)29-12-30-24)22(32-33)15-7-16(27)9-17(35)8-15;1-15-5-4-6-16-9-18(25(31-22(15)16)33-7-2-3-8-33)13-34-26-21(24(28)29-14-30-26)23(32-34)17-10-19(27)12-20(35)11-17;1-14-3-2-4-16-19(14)17(11-32-5-7-34-8-6-32)30-18(29-16)12-33-23-20(22(24)25-13-26-23)21(31-33)15-9-27-28-10-15;1-11(29-21-19-20(25-9-24-19)26-10-27-21)15-8-16(22)14-5-6-28-30-18(14)17(15)12-3-2-4-13(23)7-12/h3-9,11-12,35H,10H2,1-2H3,(H2,28,29,30);4-6,9-12,14,35H,2-3,7-8,13H2,1H3,(H2,28,29,30);2-4,9-10,13H,5-8,11-12H2,1H3,(H,27,28)(H2,24,25,26);2-11H,1H3,(H2,24,25,26,27,29)/t;;;11-/m...0/s1. The molecular weight excluding hydrogens is 1780 g/mol. The Hall–Kier alpha value is -16.5. The highest BCUT2D eigenvalue weighted by Crippen LogP contribution is 2.42. The molecule has 0 saturated carbocycles. The van der Waals surface area contributed by atoms with Gasteiger partial charge in [-0.2, -0.15) is 25.5 Å². The molecular formula is C96H83ClF3N31O4S. The summed E-state index contributed by atoms with van der Waals surface area (Å²) in [6.45, 7) is 16.7. The second-order valence-electron chi connectivity index (χ2n) is 32.9. The summed E-state index contributed by atoms with van der Waals surface area (Å²) in [5, 5.41) is 60.3. The second kappa shape index (κ2) is 36.9. The van der Waals surface area contributed by atoms with Crippen LogP contribution in [0.1, 0.15) is 76.5 Å². The number of anilines is 5. The predicted octanol–water partition coefficient (Wildman–Crippen LogP) is 15.6. The number of nitrogens with zero attached hydrogens (tertiary/aromatic N) is 25. The number of imidazole rings is 1. The van der Waals surface area contributed by atoms with Gasteiger partial charge in [0.1, 0.15) is 129 Å². The van der Waals surface area contributed by atoms with Gasteiger partial charge in [0.15, 0.2) is 34.2 Å². The van der Waals surface area contributed by atoms with Crippen molar-refractivity contribution in [3.05, 3.63) is 279 Å². The fourth-order valence-electron chi connectivity index (χ4n) is 17.5. The minimum absolute atomic E-state index is 0.0741. The lowest BCUT2D eigenvalue weighted by atomic mass is 9.92. The van der Waals surface area contributed by atoms with E-state index < -0.39 is 11.6 Å². The number of phenolic OH excluding ortho intramolecular Hbond substituents is 2. The van der Waals surface area contributed by atoms with E-state index in [9.17, 15) is 28.2 Å². The molecule has 0 aliphatic carbocycles. The number of nitrogens with two attached hydrogens (primary N) is 3. The van der Waals surface area contributed by atoms with Gasteiger partial charge in [-0.3, -0.25) is 19.4 Å². The molecule has 11 N–H and O–H groups in total. The van der Waals surface area contributed by atoms with Gasteiger partial charge >= 0.3 is 0 Å². The Balaban J connectivity index is 0.000000112. The molecule has 0 spiro atoms. The third kappa shape index (κ3) is 17.2. The number of ether oxygens (including phenoxy) is 1. The monoisotopic (exact) mass is 1860 g/mol. The van der Waals surface area contributed by atoms with Crippen molar-refractivity contribution in [3.8, 4) is 62.1 Å². The van der Waals surface area contributed by atoms with Crippen molar-refractivity contribution < 1.29 is 28.1 Å². The number of aromatic hydroxyl groups is 2. The number of aromatic amines is 2. The normalized spacial score (nSPS) is 13.1. The van der Waals surface area contributed by atoms with Crippen molar-refractivity contribution in [2.24, 2.45) is 0 Å². The van der Waals surface area contributed by atoms with Crippen molar-refractivity contribution >= 4 is 139 Å². The maximum absolute atomic E-state index is 14.1. The number of hydrogen-bond donors (Lipinski definition) is 8. The average molecular weight is 1860 g/mol. The summed E-state index contributed by atoms with van der Waals surface area (Å²) in [5.74, 6) is 1.47. The van der Waals surface area contributed by atoms with Gasteiger partial charge in [0.05, 0.1) is 93.5 Å². The molecule has 1 atom stereocenters. The van der Waals surface area contributed by atoms with Gasteiger partial charge in [0.25, 0.3) is 5.56 Å². The number of para-hydroxylation sites is 2. The number of benzene rings is 7. The van der Waals surface area contributed by atoms with Gasteiger partial charge in [-0.15, -0.1) is 16.4 Å². The molecule has 0 radical (unpaired) electrons. The number of morpholine rings is 1. The average Bonchev–Trinajstić information content (AvgIpc) is 1.39. The first-order valence-corrected chi connectivity index (χ1v) is 44.6. The summed E-state index contributed by atoms with van der Waals surface area (Å²) >= 11 is 7.97. The van der Waals surface area contributed by atoms with E-state index in [0.29, 0.717) is 141 Å². The fraction of sp³-hybridized carbons (Fsp3) is 0.188. The molecule has 136 heavy (non-hydrogen) atoms. The largest absolute Gasteiger partial charge is 0.508 e. The first kappa shape index (κ1) is 87.5. The van der Waals surface area contributed by atoms with Crippen molar-refractivity contribution in [3.63, 3.8) is 0 Å². The number of pyridine rings is 1. The van der Waals surface area contributed by atoms with Crippen LogP contribution in [0.25, 0.3) is 138 Å². The van der Waals surface area contributed by atoms with Gasteiger partial charge in [0.2, 0.25) is 0 Å². The Morgan fingerprint density at radius 1 is 0.581 bits per heavy atom. The van der Waals surface area contributed by atoms with Crippen molar-refractivity contribution in [1.29, 1.82) is 0 Å². The minimum atomic E-state index is -0.623. The van der Waals surface area contributed by atoms with Crippen LogP contribution in [0.15, 0.2) is 200 Å². The zero-order chi connectivity index (χ0) is 93.7. The summed E-state index contributed by atoms with van der Waals surface area (Å²) in [6.07, 6.45) is 14.5. The van der Waals surface area contributed by atoms with E-state index in [1.165, 1.54) is 78.6 Å². The number of phenols is 2. The molecule has 0 unspecified atom stereocenters. The third-order valence-corrected chi connectivity index (χ3v) is 25.2. The molecule has 2 fully saturated rings. The molecule has 35 nitrogen and oxygen atoms in total. The lowest BCUT2D eigenvalue weighted by molar-refractivity contribution is 0.0338. The summed E-state index contributed by atoms with van der Waals surface area (Å²) in [4.78, 5) is 80.3. The molecule has 16 heterocycles. The van der Waals surface area contributed by atoms with E-state index in [1.54, 1.807) is 55.7 Å². The number of nitrogen functional groups attached to an aromatic ring is 3. The quantitative estimate of drug-likeness (QED) is 0.0420. The molecule has 2 saturated heterocycles. The molecule has 23 rings (SSSR count). The Morgan fingerprint density at radius 2 is 1.21 bits per heavy atom. The molecule has 680 valence electrons. The summed E-state index contributed by atoms with van der Waals surface area (Å²) in [5.41, 5.74) is 35.8. The zero-order valence-electron chi connectivity index (χ0n) is 73.6. The van der Waals surface area contributed by atoms with Gasteiger partial charge in [-0.1, -0.05) is 72.3 Å². The fourth-order valence-corrected chi connectivity index (χ4v) is 18.7. The SMILES string of the molecule is C[C@H](Nc1ncnc2nc[nH]c12)c1cc(Cl)c2ccnnc2c1-c1cccc(F)c1.Cc1cccc2cc(Cn3nc(-c4cc(O)cc(F)c4)c4c(N)ncnc43)c(N3CCCC3)nc12.Cc1cccc2nc(Cn3nc(-c4cn[nH]c4)c4c(N)ncnc43)nc(CN3CCOCC3)c12.Cc1ccccc1-n1c(Cn2nc(-c3cc(O)cc(F)c3)c3c(N)ncnc32)nc2scc(C)c2c1=O. The molecule has 2 aliphatic rings. The molecule has 2 aliphatic heterocycles. The smallest absolute Gasteiger partial charge is 0.267 e. The van der Waals surface area contributed by atoms with Crippen molar-refractivity contribution in [1.82, 2.24) is 129 Å². The number of aryl methyl sites for hydroxylation is 4. The van der Waals surface area contributed by atoms with Gasteiger partial charge in [-0.05, 0) is 153 Å². The lowest BCUT2D eigenvalue weighted by Crippen LogP contribution is -2.36. The zero-order valence-corrected chi connectivity index (χ0v) is 75.2. The molecule has 21 aromatic rings. The second-order valence-corrected chi connectivity index (χ2v) is 34.2. The number of nitrogens with one attached hydrogen (secondary N) is 3. The molecule has 40 heteroatoms. The first-order valence-electron chi connectivity index (χ1n) is 43.3. The topological polar surface area (TPSA) is 460 Å². The number of aromatic nitrogens is 25. The van der Waals surface area contributed by atoms with Crippen LogP contribution in [-0.2, 0) is 30.9 Å². The highest BCUT2D eigenvalue weighted by Gasteiger charge is 2.29. The predicted molar refractivity (Wildman–Crippen MR) is 515 cm³/mol. The van der Waals surface area contributed by atoms with Gasteiger partial charge in [0, 0.05) is 95.0 Å². The van der Waals surface area contributed by atoms with Crippen LogP contribution in [-0.4, -0.2) is 179 Å². The summed E-state index contributed by atoms with van der Waals surface area (Å²) in [6, 6.07) is 39.4. The van der Waals surface area contributed by atoms with Crippen LogP contribution in [0, 0.1) is 45.1 Å². The third-order valence-electron chi connectivity index (χ3n) is 23.9. The summed E-state index contributed by atoms with van der Waals surface area (Å²) in [7, 11) is 0. The molecule has 0 bridgehead atoms. The number of fused-ring (bicyclic) bond motifs is 8. The van der Waals surface area contributed by atoms with E-state index >= 15 is 0 Å². The molecule has 7 aromatic carbocycles. The number of rotatable bonds is 17. The minimum Gasteiger partial charge on any atom is -0.508 e. The molecule has 0 amide bonds. The van der Waals surface area contributed by atoms with E-state index in [-0.39, 0.29) is 47.1 Å².